The van der Waals surface area contributed by atoms with E-state index >= 15 is 0 Å². The molecule has 0 spiro atoms. The van der Waals surface area contributed by atoms with Gasteiger partial charge in [-0.05, 0) is 54.0 Å². The molecular formula is C19H23ClO2. The summed E-state index contributed by atoms with van der Waals surface area (Å²) in [5.74, 6) is 2.28. The van der Waals surface area contributed by atoms with Crippen LogP contribution >= 0.6 is 11.6 Å². The lowest BCUT2D eigenvalue weighted by atomic mass is 9.76. The molecule has 118 valence electrons. The maximum atomic E-state index is 12.4. The zero-order valence-corrected chi connectivity index (χ0v) is 13.8. The van der Waals surface area contributed by atoms with Crippen molar-refractivity contribution >= 4 is 23.5 Å². The van der Waals surface area contributed by atoms with Gasteiger partial charge >= 0.3 is 0 Å². The largest absolute Gasteiger partial charge is 0.497 e. The van der Waals surface area contributed by atoms with Crippen molar-refractivity contribution in [1.82, 2.24) is 0 Å². The number of halogens is 1. The van der Waals surface area contributed by atoms with Gasteiger partial charge in [-0.15, -0.1) is 11.6 Å². The molecule has 0 heterocycles. The molecule has 0 bridgehead atoms. The highest BCUT2D eigenvalue weighted by Crippen LogP contribution is 2.41. The number of allylic oxidation sites excluding steroid dienone is 1. The van der Waals surface area contributed by atoms with E-state index in [1.165, 1.54) is 25.7 Å². The average Bonchev–Trinajstić information content (AvgIpc) is 3.07. The van der Waals surface area contributed by atoms with Crippen LogP contribution in [-0.4, -0.2) is 18.3 Å². The zero-order valence-electron chi connectivity index (χ0n) is 13.1. The van der Waals surface area contributed by atoms with Gasteiger partial charge in [-0.3, -0.25) is 4.79 Å². The Bertz CT molecular complexity index is 555. The van der Waals surface area contributed by atoms with E-state index in [2.05, 4.69) is 0 Å². The summed E-state index contributed by atoms with van der Waals surface area (Å²) in [5, 5.41) is -0.344. The fourth-order valence-corrected chi connectivity index (χ4v) is 4.23. The molecule has 0 N–H and O–H groups in total. The van der Waals surface area contributed by atoms with Crippen LogP contribution in [0.3, 0.4) is 0 Å². The van der Waals surface area contributed by atoms with Crippen LogP contribution in [0.1, 0.15) is 44.1 Å². The molecule has 0 radical (unpaired) electrons. The first-order chi connectivity index (χ1) is 10.7. The van der Waals surface area contributed by atoms with E-state index in [1.807, 2.05) is 30.3 Å². The quantitative estimate of drug-likeness (QED) is 0.588. The summed E-state index contributed by atoms with van der Waals surface area (Å²) in [7, 11) is 1.66. The van der Waals surface area contributed by atoms with Crippen molar-refractivity contribution < 1.29 is 9.53 Å². The lowest BCUT2D eigenvalue weighted by Crippen LogP contribution is -2.30. The van der Waals surface area contributed by atoms with Crippen LogP contribution in [-0.2, 0) is 4.79 Å². The van der Waals surface area contributed by atoms with Gasteiger partial charge in [-0.1, -0.05) is 37.8 Å². The van der Waals surface area contributed by atoms with Crippen molar-refractivity contribution in [3.63, 3.8) is 0 Å². The Hall–Kier alpha value is -1.28. The van der Waals surface area contributed by atoms with Crippen molar-refractivity contribution in [2.75, 3.05) is 7.11 Å². The van der Waals surface area contributed by atoms with Gasteiger partial charge in [0.25, 0.3) is 0 Å². The molecule has 2 aliphatic rings. The highest BCUT2D eigenvalue weighted by molar-refractivity contribution is 6.34. The number of rotatable bonds is 3. The van der Waals surface area contributed by atoms with E-state index in [4.69, 9.17) is 16.3 Å². The number of ketones is 1. The Balaban J connectivity index is 1.79. The summed E-state index contributed by atoms with van der Waals surface area (Å²) < 4.78 is 5.17. The van der Waals surface area contributed by atoms with Gasteiger partial charge in [-0.2, -0.15) is 0 Å². The van der Waals surface area contributed by atoms with E-state index in [1.54, 1.807) is 7.11 Å². The summed E-state index contributed by atoms with van der Waals surface area (Å²) >= 11 is 6.34. The summed E-state index contributed by atoms with van der Waals surface area (Å²) in [6, 6.07) is 7.82. The zero-order chi connectivity index (χ0) is 15.5. The number of carbonyl (C=O) groups excluding carboxylic acids is 1. The van der Waals surface area contributed by atoms with Gasteiger partial charge in [0.1, 0.15) is 5.75 Å². The van der Waals surface area contributed by atoms with Gasteiger partial charge in [0, 0.05) is 0 Å². The number of ether oxygens (including phenoxy) is 1. The smallest absolute Gasteiger partial charge is 0.176 e. The van der Waals surface area contributed by atoms with Crippen molar-refractivity contribution in [3.05, 3.63) is 35.4 Å². The van der Waals surface area contributed by atoms with Crippen LogP contribution in [0, 0.1) is 11.8 Å². The Labute approximate surface area is 137 Å². The molecule has 0 aliphatic heterocycles. The number of alkyl halides is 1. The molecule has 0 saturated heterocycles. The number of methoxy groups -OCH3 is 1. The molecule has 2 fully saturated rings. The standard InChI is InChI=1S/C19H23ClO2/c1-22-17-8-6-13(7-9-17)10-16-11-15(12-18(20)19(16)21)14-4-2-3-5-14/h6-10,14-15,18H,2-5,11-12H2,1H3. The van der Waals surface area contributed by atoms with Crippen LogP contribution < -0.4 is 4.74 Å². The van der Waals surface area contributed by atoms with Gasteiger partial charge in [0.05, 0.1) is 12.5 Å². The van der Waals surface area contributed by atoms with Crippen molar-refractivity contribution in [2.45, 2.75) is 43.9 Å². The van der Waals surface area contributed by atoms with Crippen molar-refractivity contribution in [1.29, 1.82) is 0 Å². The van der Waals surface area contributed by atoms with E-state index in [9.17, 15) is 4.79 Å². The first-order valence-corrected chi connectivity index (χ1v) is 8.64. The summed E-state index contributed by atoms with van der Waals surface area (Å²) in [4.78, 5) is 12.4. The van der Waals surface area contributed by atoms with Gasteiger partial charge in [0.2, 0.25) is 0 Å². The first-order valence-electron chi connectivity index (χ1n) is 8.20. The minimum atomic E-state index is -0.344. The van der Waals surface area contributed by atoms with Gasteiger partial charge < -0.3 is 4.74 Å². The first kappa shape index (κ1) is 15.6. The van der Waals surface area contributed by atoms with E-state index in [-0.39, 0.29) is 11.2 Å². The predicted octanol–water partition coefficient (Wildman–Crippen LogP) is 4.86. The third-order valence-electron chi connectivity index (χ3n) is 5.12. The molecule has 1 aromatic carbocycles. The summed E-state index contributed by atoms with van der Waals surface area (Å²) in [6.45, 7) is 0. The number of hydrogen-bond donors (Lipinski definition) is 0. The third kappa shape index (κ3) is 3.38. The molecule has 0 aromatic heterocycles. The minimum absolute atomic E-state index is 0.117. The maximum Gasteiger partial charge on any atom is 0.176 e. The molecule has 3 heteroatoms. The minimum Gasteiger partial charge on any atom is -0.497 e. The second kappa shape index (κ2) is 6.87. The molecule has 22 heavy (non-hydrogen) atoms. The Morgan fingerprint density at radius 1 is 1.14 bits per heavy atom. The van der Waals surface area contributed by atoms with Crippen LogP contribution in [0.5, 0.6) is 5.75 Å². The Kier molecular flexibility index (Phi) is 4.87. The van der Waals surface area contributed by atoms with Crippen LogP contribution in [0.2, 0.25) is 0 Å². The number of Topliss-reactive ketones (excluding diaryl/α,β-unsaturated/α-hetero) is 1. The van der Waals surface area contributed by atoms with E-state index < -0.39 is 0 Å². The van der Waals surface area contributed by atoms with Gasteiger partial charge in [0.15, 0.2) is 5.78 Å². The fourth-order valence-electron chi connectivity index (χ4n) is 3.86. The van der Waals surface area contributed by atoms with Crippen LogP contribution in [0.25, 0.3) is 6.08 Å². The molecule has 0 amide bonds. The SMILES string of the molecule is COc1ccc(C=C2CC(C3CCCC3)CC(Cl)C2=O)cc1. The maximum absolute atomic E-state index is 12.4. The second-order valence-corrected chi connectivity index (χ2v) is 7.05. The third-order valence-corrected chi connectivity index (χ3v) is 5.49. The highest BCUT2D eigenvalue weighted by atomic mass is 35.5. The lowest BCUT2D eigenvalue weighted by Gasteiger charge is -2.31. The Morgan fingerprint density at radius 3 is 2.45 bits per heavy atom. The molecule has 2 atom stereocenters. The average molecular weight is 319 g/mol. The molecule has 2 aliphatic carbocycles. The van der Waals surface area contributed by atoms with E-state index in [0.717, 1.165) is 35.6 Å². The predicted molar refractivity (Wildman–Crippen MR) is 90.3 cm³/mol. The Morgan fingerprint density at radius 2 is 1.82 bits per heavy atom. The monoisotopic (exact) mass is 318 g/mol. The molecule has 2 nitrogen and oxygen atoms in total. The molecule has 2 saturated carbocycles. The number of carbonyl (C=O) groups is 1. The van der Waals surface area contributed by atoms with Crippen molar-refractivity contribution in [2.24, 2.45) is 11.8 Å². The molecular weight excluding hydrogens is 296 g/mol. The van der Waals surface area contributed by atoms with Crippen molar-refractivity contribution in [3.8, 4) is 5.75 Å². The van der Waals surface area contributed by atoms with Gasteiger partial charge in [-0.25, -0.2) is 0 Å². The summed E-state index contributed by atoms with van der Waals surface area (Å²) in [6.07, 6.45) is 9.03. The number of benzene rings is 1. The topological polar surface area (TPSA) is 26.3 Å². The lowest BCUT2D eigenvalue weighted by molar-refractivity contribution is -0.116. The summed E-state index contributed by atoms with van der Waals surface area (Å²) in [5.41, 5.74) is 1.94. The molecule has 3 rings (SSSR count). The molecule has 1 aromatic rings. The normalized spacial score (nSPS) is 28.3. The fraction of sp³-hybridized carbons (Fsp3) is 0.526. The second-order valence-electron chi connectivity index (χ2n) is 6.52. The molecule has 2 unspecified atom stereocenters. The highest BCUT2D eigenvalue weighted by Gasteiger charge is 2.35. The van der Waals surface area contributed by atoms with E-state index in [0.29, 0.717) is 5.92 Å². The van der Waals surface area contributed by atoms with Crippen LogP contribution in [0.4, 0.5) is 0 Å². The number of hydrogen-bond acceptors (Lipinski definition) is 2. The van der Waals surface area contributed by atoms with Crippen LogP contribution in [0.15, 0.2) is 29.8 Å².